The molecule has 1 aromatic carbocycles. The fourth-order valence-electron chi connectivity index (χ4n) is 2.06. The number of carbonyl (C=O) groups is 2. The molecule has 25 heavy (non-hydrogen) atoms. The molecule has 0 aliphatic carbocycles. The minimum atomic E-state index is -0.148. The maximum absolute atomic E-state index is 12.2. The van der Waals surface area contributed by atoms with Crippen LogP contribution in [0.1, 0.15) is 13.3 Å². The summed E-state index contributed by atoms with van der Waals surface area (Å²) < 4.78 is 1.89. The fourth-order valence-corrected chi connectivity index (χ4v) is 3.09. The van der Waals surface area contributed by atoms with Gasteiger partial charge in [-0.3, -0.25) is 14.2 Å². The number of halogens is 1. The van der Waals surface area contributed by atoms with Crippen LogP contribution in [0.4, 0.5) is 0 Å². The summed E-state index contributed by atoms with van der Waals surface area (Å²) in [6, 6.07) is 7.39. The number of nitrogens with one attached hydrogen (secondary N) is 1. The van der Waals surface area contributed by atoms with Crippen LogP contribution in [0.2, 0.25) is 5.02 Å². The fraction of sp³-hybridized carbons (Fsp3) is 0.353. The van der Waals surface area contributed by atoms with Gasteiger partial charge in [-0.25, -0.2) is 4.98 Å². The van der Waals surface area contributed by atoms with Crippen molar-refractivity contribution in [1.29, 1.82) is 0 Å². The molecule has 0 saturated carbocycles. The van der Waals surface area contributed by atoms with E-state index in [1.54, 1.807) is 25.4 Å². The minimum absolute atomic E-state index is 0.0605. The first-order valence-electron chi connectivity index (χ1n) is 7.94. The second kappa shape index (κ2) is 9.48. The number of hydrogen-bond donors (Lipinski definition) is 1. The summed E-state index contributed by atoms with van der Waals surface area (Å²) in [6.07, 6.45) is 4.38. The lowest BCUT2D eigenvalue weighted by Crippen LogP contribution is -2.39. The predicted molar refractivity (Wildman–Crippen MR) is 100 cm³/mol. The molecule has 0 aliphatic rings. The zero-order chi connectivity index (χ0) is 18.2. The van der Waals surface area contributed by atoms with Crippen LogP contribution >= 0.6 is 23.4 Å². The molecule has 8 heteroatoms. The average molecular weight is 381 g/mol. The normalized spacial score (nSPS) is 10.5. The molecule has 2 aromatic rings. The summed E-state index contributed by atoms with van der Waals surface area (Å²) in [7, 11) is 1.63. The number of aromatic nitrogens is 2. The molecule has 134 valence electrons. The summed E-state index contributed by atoms with van der Waals surface area (Å²) >= 11 is 7.24. The Balaban J connectivity index is 1.91. The third kappa shape index (κ3) is 5.79. The summed E-state index contributed by atoms with van der Waals surface area (Å²) in [5.74, 6) is -0.0602. The predicted octanol–water partition coefficient (Wildman–Crippen LogP) is 2.60. The van der Waals surface area contributed by atoms with Gasteiger partial charge in [0.25, 0.3) is 0 Å². The number of rotatable bonds is 8. The highest BCUT2D eigenvalue weighted by atomic mass is 35.5. The Hall–Kier alpha value is -1.99. The first-order chi connectivity index (χ1) is 12.0. The molecule has 1 aromatic heterocycles. The zero-order valence-corrected chi connectivity index (χ0v) is 15.8. The first-order valence-corrected chi connectivity index (χ1v) is 9.30. The van der Waals surface area contributed by atoms with Crippen LogP contribution in [0.3, 0.4) is 0 Å². The molecule has 0 saturated heterocycles. The number of carbonyl (C=O) groups excluding carboxylic acids is 2. The molecule has 0 spiro atoms. The highest BCUT2D eigenvalue weighted by Gasteiger charge is 2.15. The van der Waals surface area contributed by atoms with Crippen LogP contribution in [-0.2, 0) is 9.59 Å². The van der Waals surface area contributed by atoms with Gasteiger partial charge in [0.2, 0.25) is 11.8 Å². The third-order valence-corrected chi connectivity index (χ3v) is 4.62. The van der Waals surface area contributed by atoms with E-state index in [0.717, 1.165) is 12.1 Å². The molecule has 0 unspecified atom stereocenters. The minimum Gasteiger partial charge on any atom is -0.355 e. The third-order valence-electron chi connectivity index (χ3n) is 3.42. The van der Waals surface area contributed by atoms with Crippen LogP contribution in [0.5, 0.6) is 0 Å². The van der Waals surface area contributed by atoms with Crippen molar-refractivity contribution in [2.75, 3.05) is 25.9 Å². The van der Waals surface area contributed by atoms with Gasteiger partial charge in [0.15, 0.2) is 5.16 Å². The van der Waals surface area contributed by atoms with Crippen molar-refractivity contribution in [3.05, 3.63) is 41.7 Å². The molecular formula is C17H21ClN4O2S. The molecule has 1 N–H and O–H groups in total. The van der Waals surface area contributed by atoms with Gasteiger partial charge < -0.3 is 10.2 Å². The Kier molecular flexibility index (Phi) is 7.33. The topological polar surface area (TPSA) is 67.2 Å². The molecular weight excluding hydrogens is 360 g/mol. The Morgan fingerprint density at radius 2 is 2.04 bits per heavy atom. The summed E-state index contributed by atoms with van der Waals surface area (Å²) in [4.78, 5) is 29.6. The number of hydrogen-bond acceptors (Lipinski definition) is 4. The summed E-state index contributed by atoms with van der Waals surface area (Å²) in [5, 5.41) is 4.13. The highest BCUT2D eigenvalue weighted by Crippen LogP contribution is 2.21. The first kappa shape index (κ1) is 19.3. The van der Waals surface area contributed by atoms with E-state index in [-0.39, 0.29) is 24.1 Å². The van der Waals surface area contributed by atoms with Gasteiger partial charge in [-0.05, 0) is 30.7 Å². The monoisotopic (exact) mass is 380 g/mol. The van der Waals surface area contributed by atoms with Crippen molar-refractivity contribution in [1.82, 2.24) is 19.8 Å². The lowest BCUT2D eigenvalue weighted by atomic mass is 10.3. The maximum Gasteiger partial charge on any atom is 0.239 e. The van der Waals surface area contributed by atoms with Crippen molar-refractivity contribution in [2.45, 2.75) is 18.5 Å². The van der Waals surface area contributed by atoms with E-state index in [9.17, 15) is 9.59 Å². The Morgan fingerprint density at radius 1 is 1.32 bits per heavy atom. The van der Waals surface area contributed by atoms with E-state index in [1.807, 2.05) is 29.8 Å². The Bertz CT molecular complexity index is 718. The van der Waals surface area contributed by atoms with Crippen molar-refractivity contribution >= 4 is 35.2 Å². The van der Waals surface area contributed by atoms with Gasteiger partial charge in [-0.2, -0.15) is 0 Å². The van der Waals surface area contributed by atoms with E-state index in [2.05, 4.69) is 10.3 Å². The van der Waals surface area contributed by atoms with E-state index in [1.165, 1.54) is 16.7 Å². The summed E-state index contributed by atoms with van der Waals surface area (Å²) in [5.41, 5.74) is 0.921. The van der Waals surface area contributed by atoms with E-state index >= 15 is 0 Å². The second-order valence-electron chi connectivity index (χ2n) is 5.44. The van der Waals surface area contributed by atoms with Gasteiger partial charge in [-0.1, -0.05) is 30.3 Å². The van der Waals surface area contributed by atoms with Crippen molar-refractivity contribution in [2.24, 2.45) is 0 Å². The Labute approximate surface area is 156 Å². The highest BCUT2D eigenvalue weighted by molar-refractivity contribution is 7.99. The van der Waals surface area contributed by atoms with Gasteiger partial charge in [0.05, 0.1) is 12.3 Å². The molecule has 0 aliphatic heterocycles. The van der Waals surface area contributed by atoms with Crippen molar-refractivity contribution in [3.63, 3.8) is 0 Å². The lowest BCUT2D eigenvalue weighted by molar-refractivity contribution is -0.132. The molecule has 1 heterocycles. The Morgan fingerprint density at radius 3 is 2.72 bits per heavy atom. The van der Waals surface area contributed by atoms with E-state index in [0.29, 0.717) is 16.7 Å². The number of benzene rings is 1. The molecule has 2 amide bonds. The van der Waals surface area contributed by atoms with Crippen LogP contribution < -0.4 is 5.32 Å². The number of thioether (sulfide) groups is 1. The number of imidazole rings is 1. The van der Waals surface area contributed by atoms with Crippen LogP contribution in [0, 0.1) is 0 Å². The molecule has 0 radical (unpaired) electrons. The lowest BCUT2D eigenvalue weighted by Gasteiger charge is -2.16. The van der Waals surface area contributed by atoms with Crippen molar-refractivity contribution in [3.8, 4) is 5.69 Å². The van der Waals surface area contributed by atoms with Gasteiger partial charge >= 0.3 is 0 Å². The SMILES string of the molecule is CCCNC(=O)CN(C)C(=O)CSc1nccn1-c1ccc(Cl)cc1. The smallest absolute Gasteiger partial charge is 0.239 e. The molecule has 0 atom stereocenters. The van der Waals surface area contributed by atoms with Gasteiger partial charge in [0, 0.05) is 36.7 Å². The maximum atomic E-state index is 12.2. The van der Waals surface area contributed by atoms with E-state index < -0.39 is 0 Å². The molecule has 0 bridgehead atoms. The second-order valence-corrected chi connectivity index (χ2v) is 6.82. The van der Waals surface area contributed by atoms with Crippen LogP contribution in [0.25, 0.3) is 5.69 Å². The van der Waals surface area contributed by atoms with Crippen molar-refractivity contribution < 1.29 is 9.59 Å². The number of amides is 2. The number of likely N-dealkylation sites (N-methyl/N-ethyl adjacent to an activating group) is 1. The quantitative estimate of drug-likeness (QED) is 0.715. The average Bonchev–Trinajstić information content (AvgIpc) is 3.07. The van der Waals surface area contributed by atoms with Crippen LogP contribution in [-0.4, -0.2) is 52.2 Å². The standard InChI is InChI=1S/C17H21ClN4O2S/c1-3-8-19-15(23)11-21(2)16(24)12-25-17-20-9-10-22(17)14-6-4-13(18)5-7-14/h4-7,9-10H,3,8,11-12H2,1-2H3,(H,19,23). The summed E-state index contributed by atoms with van der Waals surface area (Å²) in [6.45, 7) is 2.66. The molecule has 0 fully saturated rings. The molecule has 2 rings (SSSR count). The number of nitrogens with zero attached hydrogens (tertiary/aromatic N) is 3. The molecule has 6 nitrogen and oxygen atoms in total. The largest absolute Gasteiger partial charge is 0.355 e. The van der Waals surface area contributed by atoms with Crippen LogP contribution in [0.15, 0.2) is 41.8 Å². The van der Waals surface area contributed by atoms with Gasteiger partial charge in [0.1, 0.15) is 0 Å². The van der Waals surface area contributed by atoms with Gasteiger partial charge in [-0.15, -0.1) is 0 Å². The van der Waals surface area contributed by atoms with E-state index in [4.69, 9.17) is 11.6 Å². The zero-order valence-electron chi connectivity index (χ0n) is 14.2.